The molecule has 0 aromatic heterocycles. The zero-order valence-electron chi connectivity index (χ0n) is 8.50. The van der Waals surface area contributed by atoms with Crippen LogP contribution in [0.25, 0.3) is 0 Å². The van der Waals surface area contributed by atoms with E-state index in [1.54, 1.807) is 0 Å². The third-order valence-corrected chi connectivity index (χ3v) is 2.99. The molecule has 1 saturated carbocycles. The maximum absolute atomic E-state index is 10.6. The topological polar surface area (TPSA) is 72.6 Å². The van der Waals surface area contributed by atoms with E-state index in [-0.39, 0.29) is 6.10 Å². The second-order valence-corrected chi connectivity index (χ2v) is 4.86. The van der Waals surface area contributed by atoms with Gasteiger partial charge in [0.2, 0.25) is 0 Å². The number of carbonyl (C=O) groups is 1. The van der Waals surface area contributed by atoms with Crippen LogP contribution in [-0.4, -0.2) is 23.4 Å². The van der Waals surface area contributed by atoms with Crippen LogP contribution in [0.15, 0.2) is 0 Å². The number of aliphatic hydroxyl groups excluding tert-OH is 1. The van der Waals surface area contributed by atoms with Crippen molar-refractivity contribution >= 4 is 6.09 Å². The van der Waals surface area contributed by atoms with Crippen molar-refractivity contribution in [1.82, 2.24) is 0 Å². The molecule has 0 aromatic rings. The van der Waals surface area contributed by atoms with Gasteiger partial charge in [0.25, 0.3) is 0 Å². The van der Waals surface area contributed by atoms with Crippen molar-refractivity contribution in [2.45, 2.75) is 39.9 Å². The summed E-state index contributed by atoms with van der Waals surface area (Å²) in [6.07, 6.45) is -1.56. The Morgan fingerprint density at radius 2 is 1.69 bits per heavy atom. The Morgan fingerprint density at radius 3 is 2.00 bits per heavy atom. The van der Waals surface area contributed by atoms with Crippen LogP contribution in [0.5, 0.6) is 0 Å². The second kappa shape index (κ2) is 2.61. The molecule has 76 valence electrons. The summed E-state index contributed by atoms with van der Waals surface area (Å²) in [5, 5.41) is 9.75. The molecule has 0 heterocycles. The first kappa shape index (κ1) is 10.3. The van der Waals surface area contributed by atoms with Gasteiger partial charge in [0.15, 0.2) is 0 Å². The Labute approximate surface area is 78.1 Å². The Bertz CT molecular complexity index is 219. The van der Waals surface area contributed by atoms with E-state index in [1.807, 2.05) is 27.7 Å². The zero-order chi connectivity index (χ0) is 10.4. The van der Waals surface area contributed by atoms with Crippen molar-refractivity contribution in [1.29, 1.82) is 0 Å². The van der Waals surface area contributed by atoms with Gasteiger partial charge in [-0.3, -0.25) is 0 Å². The quantitative estimate of drug-likeness (QED) is 0.640. The predicted molar refractivity (Wildman–Crippen MR) is 48.0 cm³/mol. The van der Waals surface area contributed by atoms with Crippen molar-refractivity contribution in [3.63, 3.8) is 0 Å². The first-order chi connectivity index (χ1) is 5.70. The van der Waals surface area contributed by atoms with Gasteiger partial charge >= 0.3 is 6.09 Å². The number of amides is 1. The number of carbonyl (C=O) groups excluding carboxylic acids is 1. The molecule has 0 aromatic carbocycles. The second-order valence-electron chi connectivity index (χ2n) is 4.86. The Kier molecular flexibility index (Phi) is 2.07. The predicted octanol–water partition coefficient (Wildman–Crippen LogP) is 0.877. The third kappa shape index (κ3) is 1.29. The minimum absolute atomic E-state index is 0.313. The molecule has 0 atom stereocenters. The monoisotopic (exact) mass is 187 g/mol. The largest absolute Gasteiger partial charge is 0.445 e. The SMILES string of the molecule is CC1(C)[C@H](O)C(C)(C)[C@H]1OC(N)=O. The Balaban J connectivity index is 2.78. The molecule has 4 heteroatoms. The van der Waals surface area contributed by atoms with Gasteiger partial charge in [0.1, 0.15) is 6.10 Å². The van der Waals surface area contributed by atoms with Crippen molar-refractivity contribution in [2.24, 2.45) is 16.6 Å². The van der Waals surface area contributed by atoms with E-state index in [0.29, 0.717) is 0 Å². The molecule has 1 rings (SSSR count). The molecule has 1 aliphatic rings. The molecule has 0 aliphatic heterocycles. The lowest BCUT2D eigenvalue weighted by Gasteiger charge is -2.60. The molecular formula is C9H17NO3. The van der Waals surface area contributed by atoms with Crippen molar-refractivity contribution in [2.75, 3.05) is 0 Å². The lowest BCUT2D eigenvalue weighted by atomic mass is 9.51. The summed E-state index contributed by atoms with van der Waals surface area (Å²) in [6, 6.07) is 0. The number of rotatable bonds is 1. The summed E-state index contributed by atoms with van der Waals surface area (Å²) in [5.41, 5.74) is 4.14. The normalized spacial score (nSPS) is 34.8. The number of hydrogen-bond donors (Lipinski definition) is 2. The highest BCUT2D eigenvalue weighted by Gasteiger charge is 2.63. The van der Waals surface area contributed by atoms with Gasteiger partial charge in [-0.05, 0) is 0 Å². The van der Waals surface area contributed by atoms with Crippen LogP contribution in [0.4, 0.5) is 4.79 Å². The van der Waals surface area contributed by atoms with E-state index >= 15 is 0 Å². The van der Waals surface area contributed by atoms with Gasteiger partial charge < -0.3 is 15.6 Å². The Hall–Kier alpha value is -0.770. The molecule has 0 spiro atoms. The molecule has 3 N–H and O–H groups in total. The first-order valence-electron chi connectivity index (χ1n) is 4.35. The average Bonchev–Trinajstić information content (AvgIpc) is 1.98. The van der Waals surface area contributed by atoms with Crippen molar-refractivity contribution in [3.8, 4) is 0 Å². The van der Waals surface area contributed by atoms with E-state index in [4.69, 9.17) is 10.5 Å². The van der Waals surface area contributed by atoms with Crippen LogP contribution in [0.3, 0.4) is 0 Å². The average molecular weight is 187 g/mol. The lowest BCUT2D eigenvalue weighted by molar-refractivity contribution is -0.245. The van der Waals surface area contributed by atoms with Crippen LogP contribution >= 0.6 is 0 Å². The lowest BCUT2D eigenvalue weighted by Crippen LogP contribution is -2.68. The summed E-state index contributed by atoms with van der Waals surface area (Å²) >= 11 is 0. The fourth-order valence-corrected chi connectivity index (χ4v) is 2.53. The number of nitrogens with two attached hydrogens (primary N) is 1. The van der Waals surface area contributed by atoms with E-state index in [9.17, 15) is 9.90 Å². The van der Waals surface area contributed by atoms with Crippen LogP contribution in [0.1, 0.15) is 27.7 Å². The third-order valence-electron chi connectivity index (χ3n) is 2.99. The van der Waals surface area contributed by atoms with E-state index in [1.165, 1.54) is 0 Å². The molecule has 0 bridgehead atoms. The molecule has 1 fully saturated rings. The number of primary amides is 1. The highest BCUT2D eigenvalue weighted by Crippen LogP contribution is 2.55. The van der Waals surface area contributed by atoms with Crippen LogP contribution in [0.2, 0.25) is 0 Å². The van der Waals surface area contributed by atoms with E-state index in [0.717, 1.165) is 0 Å². The maximum atomic E-state index is 10.6. The Morgan fingerprint density at radius 1 is 1.31 bits per heavy atom. The van der Waals surface area contributed by atoms with Crippen LogP contribution in [0, 0.1) is 10.8 Å². The number of hydrogen-bond acceptors (Lipinski definition) is 3. The molecule has 0 radical (unpaired) electrons. The summed E-state index contributed by atoms with van der Waals surface area (Å²) in [7, 11) is 0. The fraction of sp³-hybridized carbons (Fsp3) is 0.889. The van der Waals surface area contributed by atoms with Crippen LogP contribution in [-0.2, 0) is 4.74 Å². The molecule has 0 unspecified atom stereocenters. The van der Waals surface area contributed by atoms with Gasteiger partial charge in [0, 0.05) is 10.8 Å². The van der Waals surface area contributed by atoms with Gasteiger partial charge in [-0.2, -0.15) is 0 Å². The highest BCUT2D eigenvalue weighted by molar-refractivity contribution is 5.65. The smallest absolute Gasteiger partial charge is 0.404 e. The first-order valence-corrected chi connectivity index (χ1v) is 4.35. The summed E-state index contributed by atoms with van der Waals surface area (Å²) < 4.78 is 4.97. The fourth-order valence-electron chi connectivity index (χ4n) is 2.53. The van der Waals surface area contributed by atoms with Gasteiger partial charge in [-0.15, -0.1) is 0 Å². The molecule has 1 amide bonds. The maximum Gasteiger partial charge on any atom is 0.404 e. The number of aliphatic hydroxyl groups is 1. The van der Waals surface area contributed by atoms with E-state index in [2.05, 4.69) is 0 Å². The molecule has 1 aliphatic carbocycles. The summed E-state index contributed by atoms with van der Waals surface area (Å²) in [4.78, 5) is 10.6. The molecule has 4 nitrogen and oxygen atoms in total. The van der Waals surface area contributed by atoms with Gasteiger partial charge in [-0.1, -0.05) is 27.7 Å². The van der Waals surface area contributed by atoms with Crippen molar-refractivity contribution < 1.29 is 14.6 Å². The molecular weight excluding hydrogens is 170 g/mol. The van der Waals surface area contributed by atoms with E-state index < -0.39 is 23.0 Å². The highest BCUT2D eigenvalue weighted by atomic mass is 16.6. The number of ether oxygens (including phenoxy) is 1. The minimum Gasteiger partial charge on any atom is -0.445 e. The molecule has 13 heavy (non-hydrogen) atoms. The summed E-state index contributed by atoms with van der Waals surface area (Å²) in [5.74, 6) is 0. The van der Waals surface area contributed by atoms with Gasteiger partial charge in [-0.25, -0.2) is 4.79 Å². The minimum atomic E-state index is -0.780. The zero-order valence-corrected chi connectivity index (χ0v) is 8.50. The van der Waals surface area contributed by atoms with Crippen LogP contribution < -0.4 is 5.73 Å². The van der Waals surface area contributed by atoms with Gasteiger partial charge in [0.05, 0.1) is 6.10 Å². The molecule has 0 saturated heterocycles. The van der Waals surface area contributed by atoms with Crippen molar-refractivity contribution in [3.05, 3.63) is 0 Å². The standard InChI is InChI=1S/C9H17NO3/c1-8(2)5(11)9(3,4)6(8)13-7(10)12/h5-6,11H,1-4H3,(H2,10,12)/t5-,6-. The summed E-state index contributed by atoms with van der Waals surface area (Å²) in [6.45, 7) is 7.43.